The average Bonchev–Trinajstić information content (AvgIpc) is 3.47. The average molecular weight is 411 g/mol. The van der Waals surface area contributed by atoms with E-state index < -0.39 is 0 Å². The summed E-state index contributed by atoms with van der Waals surface area (Å²) in [5, 5.41) is 10.2. The first-order chi connectivity index (χ1) is 14.1. The summed E-state index contributed by atoms with van der Waals surface area (Å²) in [6.07, 6.45) is 2.47. The maximum absolute atomic E-state index is 12.2. The maximum atomic E-state index is 12.2. The molecule has 0 radical (unpaired) electrons. The molecule has 0 aliphatic heterocycles. The summed E-state index contributed by atoms with van der Waals surface area (Å²) in [6.45, 7) is 0. The van der Waals surface area contributed by atoms with Gasteiger partial charge >= 0.3 is 0 Å². The molecule has 29 heavy (non-hydrogen) atoms. The second kappa shape index (κ2) is 8.45. The molecule has 0 atom stereocenters. The van der Waals surface area contributed by atoms with Crippen LogP contribution in [0.3, 0.4) is 0 Å². The topological polar surface area (TPSA) is 97.1 Å². The first-order valence-corrected chi connectivity index (χ1v) is 9.74. The Hall–Kier alpha value is -3.19. The quantitative estimate of drug-likeness (QED) is 0.604. The van der Waals surface area contributed by atoms with Crippen molar-refractivity contribution in [2.75, 3.05) is 10.6 Å². The Morgan fingerprint density at radius 3 is 2.31 bits per heavy atom. The van der Waals surface area contributed by atoms with Crippen LogP contribution >= 0.6 is 11.6 Å². The van der Waals surface area contributed by atoms with Gasteiger partial charge in [0.25, 0.3) is 0 Å². The van der Waals surface area contributed by atoms with E-state index in [2.05, 4.69) is 20.8 Å². The number of aryl methyl sites for hydroxylation is 1. The van der Waals surface area contributed by atoms with Crippen LogP contribution in [0.4, 0.5) is 11.4 Å². The molecule has 2 amide bonds. The summed E-state index contributed by atoms with van der Waals surface area (Å²) < 4.78 is 5.21. The zero-order valence-electron chi connectivity index (χ0n) is 15.5. The van der Waals surface area contributed by atoms with Crippen LogP contribution in [0, 0.1) is 5.92 Å². The Labute approximate surface area is 172 Å². The minimum atomic E-state index is -0.161. The number of benzene rings is 2. The van der Waals surface area contributed by atoms with Gasteiger partial charge in [-0.05, 0) is 61.4 Å². The predicted molar refractivity (Wildman–Crippen MR) is 109 cm³/mol. The molecule has 148 valence electrons. The van der Waals surface area contributed by atoms with Gasteiger partial charge in [-0.3, -0.25) is 9.59 Å². The van der Waals surface area contributed by atoms with E-state index in [-0.39, 0.29) is 24.2 Å². The van der Waals surface area contributed by atoms with Crippen LogP contribution in [0.2, 0.25) is 5.02 Å². The zero-order valence-corrected chi connectivity index (χ0v) is 16.3. The molecule has 0 bridgehead atoms. The second-order valence-corrected chi connectivity index (χ2v) is 7.34. The van der Waals surface area contributed by atoms with E-state index in [0.717, 1.165) is 24.1 Å². The highest BCUT2D eigenvalue weighted by atomic mass is 35.5. The van der Waals surface area contributed by atoms with Gasteiger partial charge in [-0.2, -0.15) is 4.98 Å². The first kappa shape index (κ1) is 19.1. The van der Waals surface area contributed by atoms with Gasteiger partial charge in [0, 0.05) is 40.7 Å². The second-order valence-electron chi connectivity index (χ2n) is 6.91. The molecule has 2 aromatic carbocycles. The Morgan fingerprint density at radius 1 is 1.00 bits per heavy atom. The van der Waals surface area contributed by atoms with Crippen LogP contribution in [-0.4, -0.2) is 22.0 Å². The number of hydrogen-bond acceptors (Lipinski definition) is 5. The van der Waals surface area contributed by atoms with Crippen LogP contribution in [0.15, 0.2) is 53.1 Å². The van der Waals surface area contributed by atoms with Crippen molar-refractivity contribution in [1.82, 2.24) is 10.1 Å². The van der Waals surface area contributed by atoms with E-state index >= 15 is 0 Å². The molecular weight excluding hydrogens is 392 g/mol. The normalized spacial score (nSPS) is 13.1. The third kappa shape index (κ3) is 5.20. The SMILES string of the molecule is O=C(CCc1nc(-c2ccc(Cl)cc2)no1)Nc1ccc(NC(=O)C2CC2)cc1. The molecule has 4 rings (SSSR count). The fourth-order valence-corrected chi connectivity index (χ4v) is 2.87. The molecule has 1 fully saturated rings. The van der Waals surface area contributed by atoms with Crippen molar-refractivity contribution in [2.24, 2.45) is 5.92 Å². The number of carbonyl (C=O) groups is 2. The van der Waals surface area contributed by atoms with Gasteiger partial charge in [-0.25, -0.2) is 0 Å². The number of carbonyl (C=O) groups excluding carboxylic acids is 2. The molecule has 8 heteroatoms. The van der Waals surface area contributed by atoms with E-state index in [1.807, 2.05) is 0 Å². The van der Waals surface area contributed by atoms with Crippen molar-refractivity contribution >= 4 is 34.8 Å². The molecule has 0 spiro atoms. The fraction of sp³-hybridized carbons (Fsp3) is 0.238. The zero-order chi connectivity index (χ0) is 20.2. The van der Waals surface area contributed by atoms with Gasteiger partial charge in [0.1, 0.15) is 0 Å². The van der Waals surface area contributed by atoms with E-state index in [1.54, 1.807) is 48.5 Å². The highest BCUT2D eigenvalue weighted by Gasteiger charge is 2.29. The third-order valence-electron chi connectivity index (χ3n) is 4.52. The number of hydrogen-bond donors (Lipinski definition) is 2. The Balaban J connectivity index is 1.26. The minimum absolute atomic E-state index is 0.0549. The number of nitrogens with one attached hydrogen (secondary N) is 2. The number of aromatic nitrogens is 2. The molecule has 0 unspecified atom stereocenters. The van der Waals surface area contributed by atoms with Crippen LogP contribution in [0.25, 0.3) is 11.4 Å². The maximum Gasteiger partial charge on any atom is 0.227 e. The standard InChI is InChI=1S/C21H19ClN4O3/c22-15-5-3-13(4-6-15)20-25-19(29-26-20)12-11-18(27)23-16-7-9-17(10-8-16)24-21(28)14-1-2-14/h3-10,14H,1-2,11-12H2,(H,23,27)(H,24,28). The highest BCUT2D eigenvalue weighted by Crippen LogP contribution is 2.30. The lowest BCUT2D eigenvalue weighted by Gasteiger charge is -2.07. The number of amides is 2. The van der Waals surface area contributed by atoms with E-state index in [4.69, 9.17) is 16.1 Å². The molecule has 1 aromatic heterocycles. The molecule has 1 aliphatic rings. The Morgan fingerprint density at radius 2 is 1.66 bits per heavy atom. The van der Waals surface area contributed by atoms with Gasteiger partial charge in [-0.1, -0.05) is 16.8 Å². The van der Waals surface area contributed by atoms with Gasteiger partial charge in [0.15, 0.2) is 0 Å². The van der Waals surface area contributed by atoms with E-state index in [1.165, 1.54) is 0 Å². The van der Waals surface area contributed by atoms with Crippen LogP contribution in [-0.2, 0) is 16.0 Å². The van der Waals surface area contributed by atoms with E-state index in [0.29, 0.717) is 28.8 Å². The lowest BCUT2D eigenvalue weighted by atomic mass is 10.2. The summed E-state index contributed by atoms with van der Waals surface area (Å²) in [5.41, 5.74) is 2.18. The van der Waals surface area contributed by atoms with Crippen molar-refractivity contribution in [3.05, 3.63) is 59.4 Å². The lowest BCUT2D eigenvalue weighted by Crippen LogP contribution is -2.14. The van der Waals surface area contributed by atoms with Gasteiger partial charge < -0.3 is 15.2 Å². The van der Waals surface area contributed by atoms with Crippen LogP contribution in [0.1, 0.15) is 25.2 Å². The smallest absolute Gasteiger partial charge is 0.227 e. The monoisotopic (exact) mass is 410 g/mol. The number of nitrogens with zero attached hydrogens (tertiary/aromatic N) is 2. The first-order valence-electron chi connectivity index (χ1n) is 9.36. The van der Waals surface area contributed by atoms with Crippen molar-refractivity contribution in [2.45, 2.75) is 25.7 Å². The molecule has 1 heterocycles. The van der Waals surface area contributed by atoms with Gasteiger partial charge in [0.05, 0.1) is 0 Å². The van der Waals surface area contributed by atoms with E-state index in [9.17, 15) is 9.59 Å². The molecule has 7 nitrogen and oxygen atoms in total. The highest BCUT2D eigenvalue weighted by molar-refractivity contribution is 6.30. The number of anilines is 2. The summed E-state index contributed by atoms with van der Waals surface area (Å²) in [4.78, 5) is 28.2. The van der Waals surface area contributed by atoms with Crippen molar-refractivity contribution in [3.63, 3.8) is 0 Å². The van der Waals surface area contributed by atoms with Crippen molar-refractivity contribution in [3.8, 4) is 11.4 Å². The molecule has 1 aliphatic carbocycles. The predicted octanol–water partition coefficient (Wildman–Crippen LogP) is 4.31. The number of halogens is 1. The molecule has 2 N–H and O–H groups in total. The van der Waals surface area contributed by atoms with Crippen molar-refractivity contribution < 1.29 is 14.1 Å². The summed E-state index contributed by atoms with van der Waals surface area (Å²) >= 11 is 5.87. The number of rotatable bonds is 7. The summed E-state index contributed by atoms with van der Waals surface area (Å²) in [6, 6.07) is 14.2. The largest absolute Gasteiger partial charge is 0.339 e. The fourth-order valence-electron chi connectivity index (χ4n) is 2.74. The molecule has 0 saturated heterocycles. The lowest BCUT2D eigenvalue weighted by molar-refractivity contribution is -0.117. The summed E-state index contributed by atoms with van der Waals surface area (Å²) in [7, 11) is 0. The third-order valence-corrected chi connectivity index (χ3v) is 4.77. The van der Waals surface area contributed by atoms with Gasteiger partial charge in [0.2, 0.25) is 23.5 Å². The van der Waals surface area contributed by atoms with Crippen LogP contribution < -0.4 is 10.6 Å². The van der Waals surface area contributed by atoms with Crippen molar-refractivity contribution in [1.29, 1.82) is 0 Å². The Bertz CT molecular complexity index is 1010. The Kier molecular flexibility index (Phi) is 5.57. The molecular formula is C21H19ClN4O3. The van der Waals surface area contributed by atoms with Gasteiger partial charge in [-0.15, -0.1) is 0 Å². The van der Waals surface area contributed by atoms with Crippen LogP contribution in [0.5, 0.6) is 0 Å². The molecule has 3 aromatic rings. The minimum Gasteiger partial charge on any atom is -0.339 e. The summed E-state index contributed by atoms with van der Waals surface area (Å²) in [5.74, 6) is 0.897. The molecule has 1 saturated carbocycles.